The lowest BCUT2D eigenvalue weighted by Crippen LogP contribution is -2.44. The number of nitrogens with zero attached hydrogens (tertiary/aromatic N) is 5. The molecule has 3 heterocycles. The number of aromatic amines is 1. The first kappa shape index (κ1) is 43.4. The SMILES string of the molecule is CC(C)=NO[C@@H]1C[C@H](n2cc(C#CCOCSSC(C)(C)CNC(=O)C(F)(F)F)c3c(=O)[nH]c(/N=C\N(C)C)nc32)O[C@@H]1CO[Si](C)(C)C(C)(C)C. The van der Waals surface area contributed by atoms with Crippen LogP contribution in [0.3, 0.4) is 0 Å². The van der Waals surface area contributed by atoms with Crippen LogP contribution in [-0.4, -0.2) is 109 Å². The summed E-state index contributed by atoms with van der Waals surface area (Å²) < 4.78 is 57.3. The molecule has 13 nitrogen and oxygen atoms in total. The number of hydrogen-bond donors (Lipinski definition) is 2. The summed E-state index contributed by atoms with van der Waals surface area (Å²) in [5, 5.41) is 6.37. The van der Waals surface area contributed by atoms with Crippen LogP contribution in [0.15, 0.2) is 21.1 Å². The van der Waals surface area contributed by atoms with Gasteiger partial charge >= 0.3 is 12.1 Å². The van der Waals surface area contributed by atoms with Crippen molar-refractivity contribution in [1.82, 2.24) is 24.8 Å². The zero-order valence-corrected chi connectivity index (χ0v) is 34.2. The molecule has 1 aliphatic heterocycles. The van der Waals surface area contributed by atoms with Crippen LogP contribution in [0, 0.1) is 11.8 Å². The molecule has 3 atom stereocenters. The van der Waals surface area contributed by atoms with Gasteiger partial charge in [-0.15, -0.1) is 0 Å². The molecule has 3 rings (SSSR count). The van der Waals surface area contributed by atoms with Crippen LogP contribution >= 0.6 is 21.6 Å². The fourth-order valence-electron chi connectivity index (χ4n) is 4.37. The average molecular weight is 790 g/mol. The van der Waals surface area contributed by atoms with Gasteiger partial charge < -0.3 is 33.5 Å². The first-order valence-electron chi connectivity index (χ1n) is 16.5. The van der Waals surface area contributed by atoms with E-state index < -0.39 is 49.1 Å². The number of rotatable bonds is 15. The van der Waals surface area contributed by atoms with Crippen LogP contribution in [0.2, 0.25) is 18.1 Å². The van der Waals surface area contributed by atoms with E-state index >= 15 is 0 Å². The Morgan fingerprint density at radius 2 is 1.94 bits per heavy atom. The Morgan fingerprint density at radius 3 is 2.56 bits per heavy atom. The van der Waals surface area contributed by atoms with Crippen molar-refractivity contribution < 1.29 is 36.7 Å². The van der Waals surface area contributed by atoms with E-state index in [9.17, 15) is 22.8 Å². The molecule has 0 aliphatic carbocycles. The Balaban J connectivity index is 1.83. The minimum absolute atomic E-state index is 0.00525. The lowest BCUT2D eigenvalue weighted by molar-refractivity contribution is -0.173. The third-order valence-electron chi connectivity index (χ3n) is 8.10. The summed E-state index contributed by atoms with van der Waals surface area (Å²) in [5.41, 5.74) is 1.06. The van der Waals surface area contributed by atoms with Crippen molar-refractivity contribution in [2.75, 3.05) is 39.8 Å². The topological polar surface area (TPSA) is 145 Å². The molecule has 0 unspecified atom stereocenters. The number of nitrogens with one attached hydrogen (secondary N) is 2. The highest BCUT2D eigenvalue weighted by atomic mass is 33.1. The predicted octanol–water partition coefficient (Wildman–Crippen LogP) is 6.20. The second kappa shape index (κ2) is 17.9. The molecular weight excluding hydrogens is 740 g/mol. The summed E-state index contributed by atoms with van der Waals surface area (Å²) in [7, 11) is 4.04. The van der Waals surface area contributed by atoms with Crippen molar-refractivity contribution in [2.45, 2.75) is 102 Å². The largest absolute Gasteiger partial charge is 0.471 e. The molecule has 2 aromatic heterocycles. The van der Waals surface area contributed by atoms with Crippen LogP contribution in [0.25, 0.3) is 11.0 Å². The van der Waals surface area contributed by atoms with Gasteiger partial charge in [-0.1, -0.05) is 59.4 Å². The molecular formula is C33H50F3N7O6S2Si. The summed E-state index contributed by atoms with van der Waals surface area (Å²) in [6.07, 6.45) is -2.75. The number of H-pyrrole nitrogens is 1. The molecule has 1 amide bonds. The number of fused-ring (bicyclic) bond motifs is 1. The summed E-state index contributed by atoms with van der Waals surface area (Å²) >= 11 is 0. The number of hydrogen-bond acceptors (Lipinski definition) is 11. The Morgan fingerprint density at radius 1 is 1.25 bits per heavy atom. The van der Waals surface area contributed by atoms with Gasteiger partial charge in [-0.2, -0.15) is 18.2 Å². The van der Waals surface area contributed by atoms with Gasteiger partial charge in [-0.05, 0) is 45.8 Å². The van der Waals surface area contributed by atoms with E-state index in [1.165, 1.54) is 27.9 Å². The molecule has 0 saturated carbocycles. The third-order valence-corrected chi connectivity index (χ3v) is 15.6. The standard InChI is InChI=1S/C33H50F3N7O6S2Si/c1-21(2)41-49-23-15-25(48-24(23)17-47-52(10,11)31(3,4)5)43-16-22(26-27(43)39-30(40-28(26)44)38-19-42(8)9)13-12-14-46-20-50-51-32(6,7)18-37-29(45)33(34,35)36/h16,19,23-25H,14-15,17-18,20H2,1-11H3,(H,37,45)(H,39,40,44)/b38-19-/t23-,24-,25-/m1/s1. The van der Waals surface area contributed by atoms with Crippen LogP contribution in [0.5, 0.6) is 0 Å². The summed E-state index contributed by atoms with van der Waals surface area (Å²) in [6.45, 7) is 18.1. The van der Waals surface area contributed by atoms with E-state index in [1.54, 1.807) is 43.6 Å². The molecule has 0 bridgehead atoms. The lowest BCUT2D eigenvalue weighted by atomic mass is 10.2. The van der Waals surface area contributed by atoms with Crippen LogP contribution in [0.4, 0.5) is 19.1 Å². The number of ether oxygens (including phenoxy) is 2. The van der Waals surface area contributed by atoms with Gasteiger partial charge in [0.2, 0.25) is 5.95 Å². The number of aromatic nitrogens is 3. The van der Waals surface area contributed by atoms with E-state index in [1.807, 2.05) is 19.2 Å². The van der Waals surface area contributed by atoms with E-state index in [0.717, 1.165) is 5.71 Å². The first-order chi connectivity index (χ1) is 24.0. The van der Waals surface area contributed by atoms with Crippen LogP contribution in [0.1, 0.15) is 66.7 Å². The third kappa shape index (κ3) is 12.5. The minimum atomic E-state index is -4.93. The highest BCUT2D eigenvalue weighted by Crippen LogP contribution is 2.39. The second-order valence-corrected chi connectivity index (χ2v) is 22.5. The normalized spacial score (nSPS) is 18.4. The molecule has 19 heteroatoms. The Hall–Kier alpha value is -3.02. The molecule has 290 valence electrons. The number of amides is 1. The quantitative estimate of drug-likeness (QED) is 0.0313. The molecule has 1 aliphatic rings. The zero-order chi connectivity index (χ0) is 39.1. The molecule has 52 heavy (non-hydrogen) atoms. The number of aliphatic imine (C=N–C) groups is 1. The minimum Gasteiger partial charge on any atom is -0.414 e. The van der Waals surface area contributed by atoms with Crippen molar-refractivity contribution in [3.63, 3.8) is 0 Å². The van der Waals surface area contributed by atoms with E-state index in [-0.39, 0.29) is 35.5 Å². The molecule has 1 fully saturated rings. The van der Waals surface area contributed by atoms with Crippen molar-refractivity contribution >= 4 is 64.8 Å². The zero-order valence-electron chi connectivity index (χ0n) is 31.6. The highest BCUT2D eigenvalue weighted by Gasteiger charge is 2.43. The molecule has 1 saturated heterocycles. The molecule has 2 aromatic rings. The Kier molecular flexibility index (Phi) is 14.9. The number of oxime groups is 1. The lowest BCUT2D eigenvalue weighted by Gasteiger charge is -2.37. The molecule has 2 N–H and O–H groups in total. The Labute approximate surface area is 311 Å². The maximum absolute atomic E-state index is 13.4. The van der Waals surface area contributed by atoms with Gasteiger partial charge in [0.05, 0.1) is 29.6 Å². The van der Waals surface area contributed by atoms with Gasteiger partial charge in [0.25, 0.3) is 5.56 Å². The van der Waals surface area contributed by atoms with E-state index in [2.05, 4.69) is 65.8 Å². The number of carbonyl (C=O) groups excluding carboxylic acids is 1. The van der Waals surface area contributed by atoms with Crippen molar-refractivity contribution in [3.05, 3.63) is 22.1 Å². The van der Waals surface area contributed by atoms with Gasteiger partial charge in [0.1, 0.15) is 24.9 Å². The summed E-state index contributed by atoms with van der Waals surface area (Å²) in [6, 6.07) is 0. The summed E-state index contributed by atoms with van der Waals surface area (Å²) in [5.74, 6) is 4.27. The predicted molar refractivity (Wildman–Crippen MR) is 204 cm³/mol. The fourth-order valence-corrected chi connectivity index (χ4v) is 7.51. The van der Waals surface area contributed by atoms with Crippen molar-refractivity contribution in [1.29, 1.82) is 0 Å². The second-order valence-electron chi connectivity index (χ2n) is 14.8. The van der Waals surface area contributed by atoms with Crippen molar-refractivity contribution in [2.24, 2.45) is 10.1 Å². The van der Waals surface area contributed by atoms with Crippen molar-refractivity contribution in [3.8, 4) is 11.8 Å². The highest BCUT2D eigenvalue weighted by molar-refractivity contribution is 8.77. The van der Waals surface area contributed by atoms with Gasteiger partial charge in [0.15, 0.2) is 20.1 Å². The van der Waals surface area contributed by atoms with E-state index in [0.29, 0.717) is 24.2 Å². The number of alkyl halides is 3. The number of halogens is 3. The smallest absolute Gasteiger partial charge is 0.414 e. The number of carbonyl (C=O) groups is 1. The van der Waals surface area contributed by atoms with Crippen LogP contribution < -0.4 is 10.9 Å². The first-order valence-corrected chi connectivity index (χ1v) is 21.8. The molecule has 0 aromatic carbocycles. The fraction of sp³-hybridized carbons (Fsp3) is 0.667. The summed E-state index contributed by atoms with van der Waals surface area (Å²) in [4.78, 5) is 43.9. The van der Waals surface area contributed by atoms with Gasteiger partial charge in [-0.3, -0.25) is 14.6 Å². The van der Waals surface area contributed by atoms with Gasteiger partial charge in [0, 0.05) is 38.0 Å². The van der Waals surface area contributed by atoms with Crippen LogP contribution in [-0.2, 0) is 23.5 Å². The Bertz CT molecular complexity index is 1720. The molecule has 0 radical (unpaired) electrons. The monoisotopic (exact) mass is 789 g/mol. The van der Waals surface area contributed by atoms with Gasteiger partial charge in [-0.25, -0.2) is 4.99 Å². The maximum atomic E-state index is 13.4. The average Bonchev–Trinajstić information content (AvgIpc) is 3.60. The molecule has 0 spiro atoms. The maximum Gasteiger partial charge on any atom is 0.471 e. The van der Waals surface area contributed by atoms with E-state index in [4.69, 9.17) is 18.7 Å².